The van der Waals surface area contributed by atoms with Crippen LogP contribution in [0.4, 0.5) is 5.69 Å². The number of nitrogens with zero attached hydrogens (tertiary/aromatic N) is 1. The summed E-state index contributed by atoms with van der Waals surface area (Å²) < 4.78 is 47.0. The zero-order chi connectivity index (χ0) is 36.6. The molecule has 2 aromatic rings. The van der Waals surface area contributed by atoms with Crippen LogP contribution >= 0.6 is 11.6 Å². The van der Waals surface area contributed by atoms with Crippen LogP contribution in [0.2, 0.25) is 5.02 Å². The average molecular weight is 741 g/mol. The first-order valence-electron chi connectivity index (χ1n) is 18.0. The van der Waals surface area contributed by atoms with E-state index >= 15 is 0 Å². The first-order valence-corrected chi connectivity index (χ1v) is 19.9. The molecule has 0 saturated heterocycles. The number of rotatable bonds is 6. The standard InChI is InChI=1S/C39H49ClN2O8S/c1-25-7-5-18-39(49-4,21-31(43)12-16-36(44)48-3)33-13-9-29(33)22-42-23-38(17-6-8-27-19-30(40)11-14-32(27)38)24-50-35-15-10-28(20-34(35)42)37(45)41-51(46,47)26(25)2/h5,10-11,14-15,18-20,25-26,29,33H,6-9,12-13,16-17,21-24H2,1-4H3,(H,41,45)/b18-5+/t25-,26+,29-,33+,38-,39+/m0/s1. The summed E-state index contributed by atoms with van der Waals surface area (Å²) >= 11 is 6.45. The maximum Gasteiger partial charge on any atom is 0.305 e. The fraction of sp³-hybridized carbons (Fsp3) is 0.564. The number of hydrogen-bond acceptors (Lipinski definition) is 9. The first-order chi connectivity index (χ1) is 24.3. The Morgan fingerprint density at radius 1 is 1.10 bits per heavy atom. The molecule has 4 aliphatic rings. The Balaban J connectivity index is 1.43. The molecule has 2 heterocycles. The van der Waals surface area contributed by atoms with Crippen LogP contribution in [0.1, 0.15) is 86.7 Å². The highest BCUT2D eigenvalue weighted by Crippen LogP contribution is 2.50. The van der Waals surface area contributed by atoms with Crippen LogP contribution in [0.15, 0.2) is 48.6 Å². The van der Waals surface area contributed by atoms with Crippen molar-refractivity contribution in [2.24, 2.45) is 17.8 Å². The quantitative estimate of drug-likeness (QED) is 0.273. The van der Waals surface area contributed by atoms with Gasteiger partial charge in [-0.3, -0.25) is 14.4 Å². The van der Waals surface area contributed by atoms with E-state index in [4.69, 9.17) is 25.8 Å². The van der Waals surface area contributed by atoms with E-state index in [9.17, 15) is 22.8 Å². The average Bonchev–Trinajstić information content (AvgIpc) is 3.24. The molecule has 10 nitrogen and oxygen atoms in total. The number of hydrogen-bond donors (Lipinski definition) is 1. The molecule has 1 saturated carbocycles. The minimum absolute atomic E-state index is 0.00721. The number of nitrogens with one attached hydrogen (secondary N) is 1. The summed E-state index contributed by atoms with van der Waals surface area (Å²) in [4.78, 5) is 41.2. The van der Waals surface area contributed by atoms with Crippen LogP contribution in [0.3, 0.4) is 0 Å². The van der Waals surface area contributed by atoms with Crippen LogP contribution in [-0.4, -0.2) is 70.8 Å². The fourth-order valence-electron chi connectivity index (χ4n) is 8.58. The molecule has 1 amide bonds. The summed E-state index contributed by atoms with van der Waals surface area (Å²) in [6.07, 6.45) is 8.92. The van der Waals surface area contributed by atoms with Gasteiger partial charge in [-0.1, -0.05) is 36.7 Å². The molecule has 51 heavy (non-hydrogen) atoms. The monoisotopic (exact) mass is 740 g/mol. The second-order valence-electron chi connectivity index (χ2n) is 15.0. The molecule has 2 aliphatic carbocycles. The molecule has 1 N–H and O–H groups in total. The van der Waals surface area contributed by atoms with Crippen molar-refractivity contribution in [3.63, 3.8) is 0 Å². The second-order valence-corrected chi connectivity index (χ2v) is 17.5. The molecular weight excluding hydrogens is 692 g/mol. The summed E-state index contributed by atoms with van der Waals surface area (Å²) in [5.41, 5.74) is 2.07. The molecule has 0 unspecified atom stereocenters. The van der Waals surface area contributed by atoms with E-state index in [0.29, 0.717) is 36.9 Å². The van der Waals surface area contributed by atoms with Crippen molar-refractivity contribution in [1.29, 1.82) is 0 Å². The number of esters is 1. The highest BCUT2D eigenvalue weighted by molar-refractivity contribution is 7.90. The molecule has 12 heteroatoms. The van der Waals surface area contributed by atoms with E-state index in [1.165, 1.54) is 18.2 Å². The van der Waals surface area contributed by atoms with E-state index in [-0.39, 0.29) is 53.8 Å². The van der Waals surface area contributed by atoms with Crippen molar-refractivity contribution in [1.82, 2.24) is 4.72 Å². The Labute approximate surface area is 306 Å². The zero-order valence-electron chi connectivity index (χ0n) is 29.9. The smallest absolute Gasteiger partial charge is 0.305 e. The second kappa shape index (κ2) is 14.9. The highest BCUT2D eigenvalue weighted by atomic mass is 35.5. The van der Waals surface area contributed by atoms with Gasteiger partial charge in [-0.25, -0.2) is 13.1 Å². The van der Waals surface area contributed by atoms with Gasteiger partial charge >= 0.3 is 5.97 Å². The topological polar surface area (TPSA) is 128 Å². The van der Waals surface area contributed by atoms with E-state index in [0.717, 1.165) is 37.8 Å². The van der Waals surface area contributed by atoms with Gasteiger partial charge in [0, 0.05) is 49.0 Å². The third-order valence-corrected chi connectivity index (χ3v) is 14.1. The number of halogens is 1. The van der Waals surface area contributed by atoms with Crippen molar-refractivity contribution >= 4 is 45.0 Å². The van der Waals surface area contributed by atoms with Gasteiger partial charge in [0.15, 0.2) is 0 Å². The number of benzene rings is 2. The van der Waals surface area contributed by atoms with Crippen molar-refractivity contribution in [3.8, 4) is 5.75 Å². The molecule has 0 radical (unpaired) electrons. The number of methoxy groups -OCH3 is 2. The summed E-state index contributed by atoms with van der Waals surface area (Å²) in [7, 11) is -1.11. The molecule has 2 aliphatic heterocycles. The Morgan fingerprint density at radius 2 is 1.90 bits per heavy atom. The summed E-state index contributed by atoms with van der Waals surface area (Å²) in [6, 6.07) is 11.2. The van der Waals surface area contributed by atoms with Crippen molar-refractivity contribution in [2.45, 2.75) is 87.9 Å². The van der Waals surface area contributed by atoms with Crippen molar-refractivity contribution in [3.05, 3.63) is 70.3 Å². The summed E-state index contributed by atoms with van der Waals surface area (Å²) in [5, 5.41) is -0.181. The number of aryl methyl sites for hydroxylation is 1. The van der Waals surface area contributed by atoms with Gasteiger partial charge in [0.05, 0.1) is 36.7 Å². The van der Waals surface area contributed by atoms with Gasteiger partial charge in [-0.2, -0.15) is 0 Å². The van der Waals surface area contributed by atoms with Gasteiger partial charge in [0.1, 0.15) is 11.5 Å². The minimum Gasteiger partial charge on any atom is -0.490 e. The molecule has 1 spiro atoms. The number of anilines is 1. The fourth-order valence-corrected chi connectivity index (χ4v) is 10.1. The number of allylic oxidation sites excluding steroid dienone is 1. The third-order valence-electron chi connectivity index (χ3n) is 11.9. The van der Waals surface area contributed by atoms with Crippen LogP contribution in [0.5, 0.6) is 5.75 Å². The molecule has 6 rings (SSSR count). The maximum absolute atomic E-state index is 13.6. The SMILES string of the molecule is COC(=O)CCC(=O)C[C@]1(OC)/C=C/C[C@H](C)[C@@H](C)S(=O)(=O)NC(=O)c2ccc3c(c2)N(C[C@@H]2CC[C@H]21)C[C@@]1(CCCc2cc(Cl)ccc21)CO3. The molecule has 2 bridgehead atoms. The molecule has 276 valence electrons. The van der Waals surface area contributed by atoms with Gasteiger partial charge in [0.2, 0.25) is 10.0 Å². The zero-order valence-corrected chi connectivity index (χ0v) is 31.5. The molecule has 0 aromatic heterocycles. The predicted octanol–water partition coefficient (Wildman–Crippen LogP) is 6.18. The van der Waals surface area contributed by atoms with Crippen LogP contribution in [0.25, 0.3) is 0 Å². The molecule has 1 fully saturated rings. The Morgan fingerprint density at radius 3 is 2.63 bits per heavy atom. The highest BCUT2D eigenvalue weighted by Gasteiger charge is 2.50. The third kappa shape index (κ3) is 7.57. The van der Waals surface area contributed by atoms with E-state index in [1.54, 1.807) is 32.2 Å². The van der Waals surface area contributed by atoms with Gasteiger partial charge in [-0.05, 0) is 105 Å². The van der Waals surface area contributed by atoms with E-state index < -0.39 is 32.8 Å². The number of fused-ring (bicyclic) bond motifs is 4. The number of Topliss-reactive ketones (excluding diaryl/α,β-unsaturated/α-hetero) is 1. The number of sulfonamides is 1. The number of carbonyl (C=O) groups is 3. The normalized spacial score (nSPS) is 30.8. The van der Waals surface area contributed by atoms with Crippen LogP contribution in [0, 0.1) is 17.8 Å². The Hall–Kier alpha value is -3.41. The number of amides is 1. The van der Waals surface area contributed by atoms with Gasteiger partial charge in [0.25, 0.3) is 5.91 Å². The summed E-state index contributed by atoms with van der Waals surface area (Å²) in [5.74, 6) is -0.847. The number of ketones is 1. The van der Waals surface area contributed by atoms with Gasteiger partial charge < -0.3 is 19.1 Å². The van der Waals surface area contributed by atoms with E-state index in [2.05, 4.69) is 15.7 Å². The lowest BCUT2D eigenvalue weighted by Crippen LogP contribution is -2.53. The van der Waals surface area contributed by atoms with E-state index in [1.807, 2.05) is 31.2 Å². The lowest BCUT2D eigenvalue weighted by atomic mass is 9.62. The van der Waals surface area contributed by atoms with Crippen molar-refractivity contribution < 1.29 is 37.0 Å². The lowest BCUT2D eigenvalue weighted by Gasteiger charge is -2.50. The van der Waals surface area contributed by atoms with Crippen LogP contribution in [-0.2, 0) is 40.9 Å². The minimum atomic E-state index is -4.03. The first kappa shape index (κ1) is 37.4. The Bertz CT molecular complexity index is 1810. The molecule has 2 aromatic carbocycles. The Kier molecular flexibility index (Phi) is 10.9. The van der Waals surface area contributed by atoms with Gasteiger partial charge in [-0.15, -0.1) is 0 Å². The van der Waals surface area contributed by atoms with Crippen LogP contribution < -0.4 is 14.4 Å². The molecular formula is C39H49ClN2O8S. The lowest BCUT2D eigenvalue weighted by molar-refractivity contribution is -0.143. The largest absolute Gasteiger partial charge is 0.490 e. The number of ether oxygens (including phenoxy) is 3. The number of carbonyl (C=O) groups excluding carboxylic acids is 3. The summed E-state index contributed by atoms with van der Waals surface area (Å²) in [6.45, 7) is 5.09. The molecule has 6 atom stereocenters. The maximum atomic E-state index is 13.6. The van der Waals surface area contributed by atoms with Crippen molar-refractivity contribution in [2.75, 3.05) is 38.8 Å². The predicted molar refractivity (Wildman–Crippen MR) is 196 cm³/mol.